The maximum absolute atomic E-state index is 11.5. The molecule has 0 unspecified atom stereocenters. The normalized spacial score (nSPS) is 21.2. The number of hydrogen-bond donors (Lipinski definition) is 16. The molecule has 0 saturated carbocycles. The average Bonchev–Trinajstić information content (AvgIpc) is 2.86. The molecule has 0 amide bonds. The molecular formula is C10H27N3O21P4. The van der Waals surface area contributed by atoms with Crippen molar-refractivity contribution in [2.24, 2.45) is 0 Å². The minimum absolute atomic E-state index is 0.0286. The molecule has 0 spiro atoms. The Hall–Kier alpha value is -1.04. The van der Waals surface area contributed by atoms with Gasteiger partial charge < -0.3 is 84.5 Å². The van der Waals surface area contributed by atoms with Gasteiger partial charge in [0.05, 0.1) is 13.2 Å². The molecule has 24 nitrogen and oxygen atoms in total. The molecule has 1 aliphatic heterocycles. The van der Waals surface area contributed by atoms with Gasteiger partial charge in [0.15, 0.2) is 0 Å². The molecule has 1 fully saturated rings. The molecule has 38 heavy (non-hydrogen) atoms. The van der Waals surface area contributed by atoms with Gasteiger partial charge in [-0.1, -0.05) is 0 Å². The zero-order chi connectivity index (χ0) is 31.3. The standard InChI is InChI=1S/C10H15N3O5.4H3O4P/c11-7-1-2-13(10(17)12-7)3-5-8(15)9(16)6(4-14)18-5;4*1-5(2,3)4/h1-2,5-6,8-9,14-16H,3-4H2,(H2,11,12,17);4*(H3,1,2,3,4)/t5-,6+,8-,9+;;;;/m0..../s1. The zero-order valence-corrected chi connectivity index (χ0v) is 21.9. The lowest BCUT2D eigenvalue weighted by Gasteiger charge is -2.15. The van der Waals surface area contributed by atoms with Crippen LogP contribution < -0.4 is 11.4 Å². The van der Waals surface area contributed by atoms with Gasteiger partial charge in [-0.25, -0.2) is 23.1 Å². The first kappa shape index (κ1) is 41.4. The highest BCUT2D eigenvalue weighted by Gasteiger charge is 2.42. The smallest absolute Gasteiger partial charge is 0.394 e. The molecule has 1 aromatic heterocycles. The number of aliphatic hydroxyl groups excluding tert-OH is 3. The van der Waals surface area contributed by atoms with Gasteiger partial charge >= 0.3 is 37.0 Å². The van der Waals surface area contributed by atoms with Crippen molar-refractivity contribution < 1.29 is 97.0 Å². The van der Waals surface area contributed by atoms with Crippen molar-refractivity contribution in [3.63, 3.8) is 0 Å². The van der Waals surface area contributed by atoms with Crippen molar-refractivity contribution in [1.29, 1.82) is 0 Å². The van der Waals surface area contributed by atoms with E-state index < -0.39 is 68.0 Å². The van der Waals surface area contributed by atoms with E-state index in [2.05, 4.69) is 4.98 Å². The van der Waals surface area contributed by atoms with E-state index in [0.717, 1.165) is 0 Å². The van der Waals surface area contributed by atoms with Gasteiger partial charge in [-0.3, -0.25) is 4.57 Å². The molecule has 0 aliphatic carbocycles. The molecule has 4 atom stereocenters. The predicted molar refractivity (Wildman–Crippen MR) is 118 cm³/mol. The Morgan fingerprint density at radius 3 is 1.34 bits per heavy atom. The third-order valence-electron chi connectivity index (χ3n) is 2.91. The van der Waals surface area contributed by atoms with E-state index >= 15 is 0 Å². The number of anilines is 1. The summed E-state index contributed by atoms with van der Waals surface area (Å²) in [5.41, 5.74) is 4.79. The monoisotopic (exact) mass is 649 g/mol. The van der Waals surface area contributed by atoms with Crippen molar-refractivity contribution in [2.45, 2.75) is 31.0 Å². The van der Waals surface area contributed by atoms with Gasteiger partial charge in [0.1, 0.15) is 30.2 Å². The number of rotatable bonds is 3. The summed E-state index contributed by atoms with van der Waals surface area (Å²) in [5.74, 6) is 0.109. The van der Waals surface area contributed by atoms with Gasteiger partial charge in [-0.15, -0.1) is 0 Å². The second kappa shape index (κ2) is 17.6. The highest BCUT2D eigenvalue weighted by molar-refractivity contribution is 7.45. The highest BCUT2D eigenvalue weighted by Crippen LogP contribution is 2.27. The summed E-state index contributed by atoms with van der Waals surface area (Å²) in [4.78, 5) is 101. The SMILES string of the molecule is Nc1ccn(C[C@@H]2O[C@H](CO)[C@@H](O)[C@H]2O)c(=O)n1.O=P(O)(O)O.O=P(O)(O)O.O=P(O)(O)O.O=P(O)(O)O. The third-order valence-corrected chi connectivity index (χ3v) is 2.91. The van der Waals surface area contributed by atoms with E-state index in [0.29, 0.717) is 0 Å². The fraction of sp³-hybridized carbons (Fsp3) is 0.600. The Kier molecular flexibility index (Phi) is 19.2. The largest absolute Gasteiger partial charge is 0.466 e. The highest BCUT2D eigenvalue weighted by atomic mass is 31.2. The predicted octanol–water partition coefficient (Wildman–Crippen LogP) is -6.41. The van der Waals surface area contributed by atoms with E-state index in [9.17, 15) is 15.0 Å². The lowest BCUT2D eigenvalue weighted by molar-refractivity contribution is -0.0269. The van der Waals surface area contributed by atoms with Crippen LogP contribution in [-0.4, -0.2) is 115 Å². The Labute approximate surface area is 210 Å². The molecule has 1 aromatic rings. The summed E-state index contributed by atoms with van der Waals surface area (Å²) in [7, 11) is -18.6. The molecular weight excluding hydrogens is 622 g/mol. The lowest BCUT2D eigenvalue weighted by Crippen LogP contribution is -2.37. The van der Waals surface area contributed by atoms with Gasteiger partial charge in [0, 0.05) is 6.20 Å². The second-order valence-corrected chi connectivity index (χ2v) is 10.3. The van der Waals surface area contributed by atoms with Crippen LogP contribution in [0.1, 0.15) is 0 Å². The number of nitrogen functional groups attached to an aromatic ring is 1. The van der Waals surface area contributed by atoms with Crippen LogP contribution in [0.3, 0.4) is 0 Å². The van der Waals surface area contributed by atoms with Gasteiger partial charge in [-0.2, -0.15) is 4.98 Å². The maximum Gasteiger partial charge on any atom is 0.466 e. The number of ether oxygens (including phenoxy) is 1. The average molecular weight is 649 g/mol. The van der Waals surface area contributed by atoms with Crippen LogP contribution in [-0.2, 0) is 29.5 Å². The second-order valence-electron chi connectivity index (χ2n) is 6.22. The fourth-order valence-corrected chi connectivity index (χ4v) is 1.90. The van der Waals surface area contributed by atoms with E-state index in [1.165, 1.54) is 16.8 Å². The molecule has 0 radical (unpaired) electrons. The van der Waals surface area contributed by atoms with Crippen LogP contribution in [0.4, 0.5) is 5.82 Å². The molecule has 0 bridgehead atoms. The van der Waals surface area contributed by atoms with Crippen molar-refractivity contribution in [3.8, 4) is 0 Å². The Morgan fingerprint density at radius 2 is 1.08 bits per heavy atom. The quantitative estimate of drug-likeness (QED) is 0.135. The van der Waals surface area contributed by atoms with E-state index in [-0.39, 0.29) is 12.4 Å². The number of phosphoric acid groups is 4. The van der Waals surface area contributed by atoms with Crippen molar-refractivity contribution in [3.05, 3.63) is 22.7 Å². The third kappa shape index (κ3) is 35.0. The fourth-order valence-electron chi connectivity index (χ4n) is 1.90. The van der Waals surface area contributed by atoms with E-state index in [1.54, 1.807) is 0 Å². The number of aromatic nitrogens is 2. The maximum atomic E-state index is 11.5. The van der Waals surface area contributed by atoms with Crippen LogP contribution in [0.25, 0.3) is 0 Å². The van der Waals surface area contributed by atoms with Gasteiger partial charge in [0.25, 0.3) is 0 Å². The lowest BCUT2D eigenvalue weighted by atomic mass is 10.1. The molecule has 28 heteroatoms. The summed E-state index contributed by atoms with van der Waals surface area (Å²) in [6, 6.07) is 1.45. The number of nitrogens with two attached hydrogens (primary N) is 1. The number of nitrogens with zero attached hydrogens (tertiary/aromatic N) is 2. The van der Waals surface area contributed by atoms with Crippen LogP contribution in [0, 0.1) is 0 Å². The summed E-state index contributed by atoms with van der Waals surface area (Å²) in [6.07, 6.45) is -2.52. The molecule has 1 saturated heterocycles. The Morgan fingerprint density at radius 1 is 0.763 bits per heavy atom. The first-order valence-electron chi connectivity index (χ1n) is 8.61. The topological polar surface area (TPSA) is 442 Å². The minimum atomic E-state index is -4.64. The Bertz CT molecular complexity index is 945. The van der Waals surface area contributed by atoms with Crippen LogP contribution >= 0.6 is 31.3 Å². The molecule has 2 heterocycles. The molecule has 0 aromatic carbocycles. The molecule has 228 valence electrons. The number of hydrogen-bond acceptors (Lipinski definition) is 11. The summed E-state index contributed by atoms with van der Waals surface area (Å²) < 4.78 is 42.0. The Balaban J connectivity index is -0.000000502. The summed E-state index contributed by atoms with van der Waals surface area (Å²) in [6.45, 7) is -0.371. The van der Waals surface area contributed by atoms with Crippen LogP contribution in [0.5, 0.6) is 0 Å². The van der Waals surface area contributed by atoms with Gasteiger partial charge in [0.2, 0.25) is 0 Å². The first-order chi connectivity index (χ1) is 16.5. The van der Waals surface area contributed by atoms with Crippen LogP contribution in [0.15, 0.2) is 17.1 Å². The van der Waals surface area contributed by atoms with Crippen molar-refractivity contribution in [1.82, 2.24) is 9.55 Å². The van der Waals surface area contributed by atoms with E-state index in [1.807, 2.05) is 0 Å². The minimum Gasteiger partial charge on any atom is -0.394 e. The summed E-state index contributed by atoms with van der Waals surface area (Å²) >= 11 is 0. The molecule has 17 N–H and O–H groups in total. The summed E-state index contributed by atoms with van der Waals surface area (Å²) in [5, 5.41) is 28.2. The van der Waals surface area contributed by atoms with Crippen molar-refractivity contribution >= 4 is 37.1 Å². The number of aliphatic hydroxyl groups is 3. The van der Waals surface area contributed by atoms with Crippen molar-refractivity contribution in [2.75, 3.05) is 12.3 Å². The zero-order valence-electron chi connectivity index (χ0n) is 18.3. The first-order valence-corrected chi connectivity index (χ1v) is 14.9. The van der Waals surface area contributed by atoms with E-state index in [4.69, 9.17) is 92.6 Å². The van der Waals surface area contributed by atoms with Gasteiger partial charge in [-0.05, 0) is 6.07 Å². The molecule has 1 aliphatic rings. The van der Waals surface area contributed by atoms with Crippen LogP contribution in [0.2, 0.25) is 0 Å². The molecule has 2 rings (SSSR count).